The predicted octanol–water partition coefficient (Wildman–Crippen LogP) is 7.66. The Labute approximate surface area is 223 Å². The van der Waals surface area contributed by atoms with Crippen molar-refractivity contribution in [3.05, 3.63) is 29.6 Å². The second-order valence-electron chi connectivity index (χ2n) is 10.8. The lowest BCUT2D eigenvalue weighted by Gasteiger charge is -2.15. The summed E-state index contributed by atoms with van der Waals surface area (Å²) in [6.07, 6.45) is 16.8. The van der Waals surface area contributed by atoms with Crippen LogP contribution >= 0.6 is 11.8 Å². The highest BCUT2D eigenvalue weighted by atomic mass is 32.2. The van der Waals surface area contributed by atoms with Crippen molar-refractivity contribution in [1.29, 1.82) is 0 Å². The molecule has 2 N–H and O–H groups in total. The largest absolute Gasteiger partial charge is 0.480 e. The summed E-state index contributed by atoms with van der Waals surface area (Å²) < 4.78 is 0. The summed E-state index contributed by atoms with van der Waals surface area (Å²) in [5.74, 6) is 2.80. The van der Waals surface area contributed by atoms with Gasteiger partial charge in [-0.2, -0.15) is 11.8 Å². The van der Waals surface area contributed by atoms with Gasteiger partial charge in [0.2, 0.25) is 5.95 Å². The summed E-state index contributed by atoms with van der Waals surface area (Å²) in [7, 11) is 0. The molecule has 0 aliphatic heterocycles. The number of allylic oxidation sites excluding steroid dienone is 1. The highest BCUT2D eigenvalue weighted by molar-refractivity contribution is 7.99. The molecule has 0 aromatic carbocycles. The molecule has 204 valence electrons. The first-order chi connectivity index (χ1) is 17.1. The summed E-state index contributed by atoms with van der Waals surface area (Å²) in [4.78, 5) is 31.0. The minimum atomic E-state index is -0.943. The molecule has 3 unspecified atom stereocenters. The fourth-order valence-electron chi connectivity index (χ4n) is 4.11. The number of carbonyl (C=O) groups excluding carboxylic acids is 1. The van der Waals surface area contributed by atoms with Crippen LogP contribution in [0.3, 0.4) is 0 Å². The van der Waals surface area contributed by atoms with E-state index in [-0.39, 0.29) is 11.7 Å². The Morgan fingerprint density at radius 2 is 1.50 bits per heavy atom. The van der Waals surface area contributed by atoms with Gasteiger partial charge in [-0.1, -0.05) is 84.3 Å². The highest BCUT2D eigenvalue weighted by Gasteiger charge is 2.18. The molecule has 1 aromatic rings. The van der Waals surface area contributed by atoms with Crippen LogP contribution in [0.1, 0.15) is 110 Å². The summed E-state index contributed by atoms with van der Waals surface area (Å²) in [5.41, 5.74) is 1.77. The number of anilines is 1. The molecule has 1 aromatic heterocycles. The average molecular weight is 520 g/mol. The molecule has 6 nitrogen and oxygen atoms in total. The van der Waals surface area contributed by atoms with Crippen LogP contribution in [0.5, 0.6) is 0 Å². The van der Waals surface area contributed by atoms with Gasteiger partial charge in [0, 0.05) is 23.9 Å². The molecule has 0 aliphatic rings. The van der Waals surface area contributed by atoms with Crippen molar-refractivity contribution in [3.63, 3.8) is 0 Å². The maximum atomic E-state index is 11.6. The Morgan fingerprint density at radius 3 is 2.03 bits per heavy atom. The van der Waals surface area contributed by atoms with Crippen LogP contribution < -0.4 is 5.32 Å². The summed E-state index contributed by atoms with van der Waals surface area (Å²) in [5, 5.41) is 12.3. The second-order valence-corrected chi connectivity index (χ2v) is 11.9. The zero-order valence-electron chi connectivity index (χ0n) is 23.4. The predicted molar refractivity (Wildman–Crippen MR) is 153 cm³/mol. The Hall–Kier alpha value is -1.89. The van der Waals surface area contributed by atoms with Gasteiger partial charge in [0.05, 0.1) is 5.56 Å². The van der Waals surface area contributed by atoms with E-state index in [4.69, 9.17) is 0 Å². The van der Waals surface area contributed by atoms with E-state index in [1.165, 1.54) is 76.3 Å². The van der Waals surface area contributed by atoms with Crippen molar-refractivity contribution >= 4 is 29.5 Å². The number of carboxylic acid groups (broad SMARTS) is 1. The van der Waals surface area contributed by atoms with Crippen LogP contribution in [-0.4, -0.2) is 44.4 Å². The van der Waals surface area contributed by atoms with Crippen LogP contribution in [0, 0.1) is 17.8 Å². The Bertz CT molecular complexity index is 795. The van der Waals surface area contributed by atoms with Gasteiger partial charge < -0.3 is 10.4 Å². The average Bonchev–Trinajstić information content (AvgIpc) is 2.81. The molecule has 0 saturated carbocycles. The highest BCUT2D eigenvalue weighted by Crippen LogP contribution is 2.22. The minimum Gasteiger partial charge on any atom is -0.480 e. The Balaban J connectivity index is 2.22. The topological polar surface area (TPSA) is 92.2 Å². The van der Waals surface area contributed by atoms with Crippen molar-refractivity contribution in [2.75, 3.05) is 16.8 Å². The standard InChI is InChI=1S/C29H49N3O3S/c1-21(2)10-7-11-22(3)12-8-13-23(4)14-9-15-24(5)16-17-36-20-27(28(34)35)32-29-30-18-26(19-31-29)25(6)33/h16,18-19,21-23,27H,7-15,17,20H2,1-6H3,(H,34,35)(H,30,31,32)/b24-16+. The van der Waals surface area contributed by atoms with Gasteiger partial charge in [0.1, 0.15) is 6.04 Å². The molecule has 1 heterocycles. The second kappa shape index (κ2) is 18.4. The van der Waals surface area contributed by atoms with Crippen LogP contribution in [0.25, 0.3) is 0 Å². The molecule has 36 heavy (non-hydrogen) atoms. The molecule has 0 bridgehead atoms. The minimum absolute atomic E-state index is 0.124. The van der Waals surface area contributed by atoms with E-state index < -0.39 is 12.0 Å². The van der Waals surface area contributed by atoms with Gasteiger partial charge in [-0.25, -0.2) is 14.8 Å². The number of carboxylic acids is 1. The number of rotatable bonds is 20. The molecule has 0 radical (unpaired) electrons. The first-order valence-electron chi connectivity index (χ1n) is 13.6. The maximum absolute atomic E-state index is 11.6. The molecule has 0 amide bonds. The van der Waals surface area contributed by atoms with Crippen molar-refractivity contribution in [1.82, 2.24) is 9.97 Å². The number of ketones is 1. The van der Waals surface area contributed by atoms with Crippen molar-refractivity contribution in [2.24, 2.45) is 17.8 Å². The van der Waals surface area contributed by atoms with E-state index in [2.05, 4.69) is 56.0 Å². The van der Waals surface area contributed by atoms with E-state index in [0.717, 1.165) is 29.9 Å². The van der Waals surface area contributed by atoms with Crippen molar-refractivity contribution in [3.8, 4) is 0 Å². The third-order valence-corrected chi connectivity index (χ3v) is 7.61. The third kappa shape index (κ3) is 15.3. The molecule has 0 fully saturated rings. The molecule has 0 aliphatic carbocycles. The van der Waals surface area contributed by atoms with Gasteiger partial charge in [-0.05, 0) is 44.4 Å². The molecule has 1 rings (SSSR count). The monoisotopic (exact) mass is 519 g/mol. The smallest absolute Gasteiger partial charge is 0.327 e. The van der Waals surface area contributed by atoms with E-state index in [0.29, 0.717) is 11.3 Å². The number of nitrogens with one attached hydrogen (secondary N) is 1. The summed E-state index contributed by atoms with van der Waals surface area (Å²) in [6.45, 7) is 13.0. The first kappa shape index (κ1) is 32.1. The van der Waals surface area contributed by atoms with Crippen molar-refractivity contribution in [2.45, 2.75) is 105 Å². The zero-order valence-corrected chi connectivity index (χ0v) is 24.2. The van der Waals surface area contributed by atoms with Crippen LogP contribution in [0.2, 0.25) is 0 Å². The Kier molecular flexibility index (Phi) is 16.4. The number of Topliss-reactive ketones (excluding diaryl/α,β-unsaturated/α-hetero) is 1. The Morgan fingerprint density at radius 1 is 0.944 bits per heavy atom. The summed E-state index contributed by atoms with van der Waals surface area (Å²) in [6, 6.07) is -0.786. The molecule has 0 spiro atoms. The molecule has 3 atom stereocenters. The number of carbonyl (C=O) groups is 2. The van der Waals surface area contributed by atoms with E-state index >= 15 is 0 Å². The van der Waals surface area contributed by atoms with Gasteiger partial charge in [-0.3, -0.25) is 4.79 Å². The van der Waals surface area contributed by atoms with Gasteiger partial charge in [-0.15, -0.1) is 0 Å². The number of hydrogen-bond acceptors (Lipinski definition) is 6. The van der Waals surface area contributed by atoms with Gasteiger partial charge in [0.25, 0.3) is 0 Å². The first-order valence-corrected chi connectivity index (χ1v) is 14.8. The molecule has 0 saturated heterocycles. The van der Waals surface area contributed by atoms with Crippen LogP contribution in [0.4, 0.5) is 5.95 Å². The van der Waals surface area contributed by atoms with E-state index in [9.17, 15) is 14.7 Å². The van der Waals surface area contributed by atoms with E-state index in [1.54, 1.807) is 11.8 Å². The number of nitrogens with zero attached hydrogens (tertiary/aromatic N) is 2. The quantitative estimate of drug-likeness (QED) is 0.104. The number of thioether (sulfide) groups is 1. The maximum Gasteiger partial charge on any atom is 0.327 e. The third-order valence-electron chi connectivity index (χ3n) is 6.63. The van der Waals surface area contributed by atoms with Crippen LogP contribution in [-0.2, 0) is 4.79 Å². The lowest BCUT2D eigenvalue weighted by atomic mass is 9.91. The lowest BCUT2D eigenvalue weighted by molar-refractivity contribution is -0.137. The molecular weight excluding hydrogens is 470 g/mol. The van der Waals surface area contributed by atoms with E-state index in [1.807, 2.05) is 0 Å². The fourth-order valence-corrected chi connectivity index (χ4v) is 5.11. The fraction of sp³-hybridized carbons (Fsp3) is 0.724. The number of hydrogen-bond donors (Lipinski definition) is 2. The summed E-state index contributed by atoms with van der Waals surface area (Å²) >= 11 is 1.58. The lowest BCUT2D eigenvalue weighted by Crippen LogP contribution is -2.32. The molecular formula is C29H49N3O3S. The number of aromatic nitrogens is 2. The SMILES string of the molecule is CC(=O)c1cnc(NC(CSC/C=C(\C)CCCC(C)CCCC(C)CCCC(C)C)C(=O)O)nc1. The molecule has 7 heteroatoms. The van der Waals surface area contributed by atoms with Gasteiger partial charge >= 0.3 is 5.97 Å². The van der Waals surface area contributed by atoms with Crippen molar-refractivity contribution < 1.29 is 14.7 Å². The zero-order chi connectivity index (χ0) is 26.9. The number of aliphatic carboxylic acids is 1. The normalized spacial score (nSPS) is 14.5. The van der Waals surface area contributed by atoms with Crippen LogP contribution in [0.15, 0.2) is 24.0 Å². The van der Waals surface area contributed by atoms with Gasteiger partial charge in [0.15, 0.2) is 5.78 Å².